The second-order valence-electron chi connectivity index (χ2n) is 8.76. The molecular formula is C28H23ClN4O3S. The zero-order valence-electron chi connectivity index (χ0n) is 20.2. The molecule has 5 rings (SSSR count). The molecule has 2 aromatic carbocycles. The van der Waals surface area contributed by atoms with Crippen molar-refractivity contribution in [2.45, 2.75) is 11.8 Å². The fourth-order valence-corrected chi connectivity index (χ4v) is 5.83. The molecular weight excluding hydrogens is 508 g/mol. The number of halogens is 1. The number of likely N-dealkylation sites (N-methyl/N-ethyl adjacent to an activating group) is 1. The Balaban J connectivity index is 1.78. The van der Waals surface area contributed by atoms with E-state index in [1.54, 1.807) is 61.8 Å². The summed E-state index contributed by atoms with van der Waals surface area (Å²) in [5.41, 5.74) is 3.38. The molecule has 3 heterocycles. The maximum atomic E-state index is 13.7. The zero-order chi connectivity index (χ0) is 26.3. The Hall–Kier alpha value is -4.01. The minimum Gasteiger partial charge on any atom is -0.338 e. The number of nitrogens with zero attached hydrogens (tertiary/aromatic N) is 4. The van der Waals surface area contributed by atoms with Crippen molar-refractivity contribution in [3.63, 3.8) is 0 Å². The Bertz CT molecular complexity index is 1790. The molecule has 1 amide bonds. The van der Waals surface area contributed by atoms with Crippen LogP contribution in [-0.2, 0) is 10.0 Å². The third-order valence-corrected chi connectivity index (χ3v) is 8.11. The van der Waals surface area contributed by atoms with E-state index in [0.29, 0.717) is 39.2 Å². The topological polar surface area (TPSA) is 85.2 Å². The molecule has 0 saturated heterocycles. The van der Waals surface area contributed by atoms with Gasteiger partial charge < -0.3 is 4.90 Å². The summed E-state index contributed by atoms with van der Waals surface area (Å²) >= 11 is 6.56. The van der Waals surface area contributed by atoms with Crippen LogP contribution in [0.1, 0.15) is 15.9 Å². The highest BCUT2D eigenvalue weighted by Gasteiger charge is 2.24. The molecule has 0 saturated carbocycles. The van der Waals surface area contributed by atoms with Gasteiger partial charge in [0, 0.05) is 48.5 Å². The van der Waals surface area contributed by atoms with Crippen LogP contribution in [0.15, 0.2) is 90.7 Å². The summed E-state index contributed by atoms with van der Waals surface area (Å²) < 4.78 is 28.5. The summed E-state index contributed by atoms with van der Waals surface area (Å²) in [4.78, 5) is 23.4. The number of hydrogen-bond acceptors (Lipinski definition) is 5. The Morgan fingerprint density at radius 1 is 1.14 bits per heavy atom. The molecule has 9 heteroatoms. The van der Waals surface area contributed by atoms with Gasteiger partial charge in [-0.1, -0.05) is 41.4 Å². The number of pyridine rings is 2. The first-order valence-electron chi connectivity index (χ1n) is 11.4. The van der Waals surface area contributed by atoms with E-state index in [-0.39, 0.29) is 16.4 Å². The van der Waals surface area contributed by atoms with Gasteiger partial charge in [-0.15, -0.1) is 6.58 Å². The predicted molar refractivity (Wildman–Crippen MR) is 146 cm³/mol. The molecule has 0 N–H and O–H groups in total. The minimum absolute atomic E-state index is 0.134. The first-order chi connectivity index (χ1) is 17.7. The van der Waals surface area contributed by atoms with Gasteiger partial charge in [0.1, 0.15) is 0 Å². The lowest BCUT2D eigenvalue weighted by molar-refractivity contribution is 0.0810. The Morgan fingerprint density at radius 2 is 1.89 bits per heavy atom. The second-order valence-corrected chi connectivity index (χ2v) is 11.0. The number of carbonyl (C=O) groups excluding carboxylic acids is 1. The van der Waals surface area contributed by atoms with Crippen LogP contribution in [0, 0.1) is 6.92 Å². The van der Waals surface area contributed by atoms with E-state index in [4.69, 9.17) is 11.6 Å². The molecule has 0 unspecified atom stereocenters. The lowest BCUT2D eigenvalue weighted by atomic mass is 10.0. The Labute approximate surface area is 219 Å². The molecule has 0 bridgehead atoms. The quantitative estimate of drug-likeness (QED) is 0.263. The highest BCUT2D eigenvalue weighted by Crippen LogP contribution is 2.36. The zero-order valence-corrected chi connectivity index (χ0v) is 21.8. The van der Waals surface area contributed by atoms with Crippen LogP contribution in [-0.4, -0.2) is 46.8 Å². The summed E-state index contributed by atoms with van der Waals surface area (Å²) in [5.74, 6) is -0.255. The van der Waals surface area contributed by atoms with Crippen LogP contribution in [0.2, 0.25) is 5.02 Å². The van der Waals surface area contributed by atoms with Gasteiger partial charge >= 0.3 is 0 Å². The van der Waals surface area contributed by atoms with Gasteiger partial charge in [0.15, 0.2) is 5.65 Å². The highest BCUT2D eigenvalue weighted by molar-refractivity contribution is 7.90. The molecule has 0 fully saturated rings. The summed E-state index contributed by atoms with van der Waals surface area (Å²) in [6.45, 7) is 5.93. The van der Waals surface area contributed by atoms with Gasteiger partial charge in [0.05, 0.1) is 21.0 Å². The fourth-order valence-electron chi connectivity index (χ4n) is 4.23. The summed E-state index contributed by atoms with van der Waals surface area (Å²) in [5, 5.41) is 1.74. The van der Waals surface area contributed by atoms with Gasteiger partial charge in [-0.25, -0.2) is 17.4 Å². The first kappa shape index (κ1) is 24.7. The molecule has 0 aliphatic heterocycles. The molecule has 3 aromatic heterocycles. The van der Waals surface area contributed by atoms with E-state index < -0.39 is 10.0 Å². The van der Waals surface area contributed by atoms with Crippen molar-refractivity contribution < 1.29 is 13.2 Å². The smallest absolute Gasteiger partial charge is 0.269 e. The summed E-state index contributed by atoms with van der Waals surface area (Å²) in [6.07, 6.45) is 6.22. The lowest BCUT2D eigenvalue weighted by Gasteiger charge is -2.14. The van der Waals surface area contributed by atoms with E-state index >= 15 is 0 Å². The van der Waals surface area contributed by atoms with Crippen molar-refractivity contribution in [1.82, 2.24) is 18.8 Å². The molecule has 0 aliphatic rings. The average Bonchev–Trinajstić information content (AvgIpc) is 3.28. The molecule has 0 aliphatic carbocycles. The number of aromatic nitrogens is 3. The average molecular weight is 531 g/mol. The number of rotatable bonds is 6. The molecule has 0 radical (unpaired) electrons. The SMILES string of the molecule is C=CCN(C)C(=O)c1cnc2c(c1)c(-c1cc(Cl)c3ncccc3c1)cn2S(=O)(=O)c1ccc(C)cc1. The van der Waals surface area contributed by atoms with Gasteiger partial charge in [-0.05, 0) is 48.9 Å². The first-order valence-corrected chi connectivity index (χ1v) is 13.3. The predicted octanol–water partition coefficient (Wildman–Crippen LogP) is 5.71. The maximum Gasteiger partial charge on any atom is 0.269 e. The van der Waals surface area contributed by atoms with Crippen molar-refractivity contribution in [3.8, 4) is 11.1 Å². The van der Waals surface area contributed by atoms with Gasteiger partial charge in [0.25, 0.3) is 15.9 Å². The minimum atomic E-state index is -3.98. The number of fused-ring (bicyclic) bond motifs is 2. The number of aryl methyl sites for hydroxylation is 1. The standard InChI is InChI=1S/C28H23ClN4O3S/c1-4-12-32(3)28(34)21-14-23-24(20-13-19-6-5-11-30-26(19)25(29)15-20)17-33(27(23)31-16-21)37(35,36)22-9-7-18(2)8-10-22/h4-11,13-17H,1,12H2,2-3H3. The van der Waals surface area contributed by atoms with E-state index in [1.165, 1.54) is 17.3 Å². The Morgan fingerprint density at radius 3 is 2.62 bits per heavy atom. The molecule has 186 valence electrons. The van der Waals surface area contributed by atoms with E-state index in [1.807, 2.05) is 19.1 Å². The van der Waals surface area contributed by atoms with Gasteiger partial charge in [-0.3, -0.25) is 9.78 Å². The number of carbonyl (C=O) groups is 1. The molecule has 7 nitrogen and oxygen atoms in total. The molecule has 0 spiro atoms. The van der Waals surface area contributed by atoms with Gasteiger partial charge in [0.2, 0.25) is 0 Å². The largest absolute Gasteiger partial charge is 0.338 e. The van der Waals surface area contributed by atoms with Crippen molar-refractivity contribution in [3.05, 3.63) is 102 Å². The third kappa shape index (κ3) is 4.39. The van der Waals surface area contributed by atoms with Crippen molar-refractivity contribution in [2.24, 2.45) is 0 Å². The summed E-state index contributed by atoms with van der Waals surface area (Å²) in [7, 11) is -2.32. The molecule has 5 aromatic rings. The lowest BCUT2D eigenvalue weighted by Crippen LogP contribution is -2.26. The van der Waals surface area contributed by atoms with E-state index in [2.05, 4.69) is 16.5 Å². The van der Waals surface area contributed by atoms with Crippen molar-refractivity contribution in [1.29, 1.82) is 0 Å². The number of benzene rings is 2. The van der Waals surface area contributed by atoms with E-state index in [9.17, 15) is 13.2 Å². The third-order valence-electron chi connectivity index (χ3n) is 6.16. The van der Waals surface area contributed by atoms with Crippen LogP contribution in [0.4, 0.5) is 0 Å². The summed E-state index contributed by atoms with van der Waals surface area (Å²) in [6, 6.07) is 15.6. The van der Waals surface area contributed by atoms with Crippen LogP contribution < -0.4 is 0 Å². The maximum absolute atomic E-state index is 13.7. The second kappa shape index (κ2) is 9.46. The normalized spacial score (nSPS) is 11.6. The van der Waals surface area contributed by atoms with Crippen LogP contribution in [0.5, 0.6) is 0 Å². The van der Waals surface area contributed by atoms with Crippen LogP contribution in [0.3, 0.4) is 0 Å². The number of amides is 1. The van der Waals surface area contributed by atoms with Crippen molar-refractivity contribution >= 4 is 49.5 Å². The molecule has 0 atom stereocenters. The van der Waals surface area contributed by atoms with Crippen molar-refractivity contribution in [2.75, 3.05) is 13.6 Å². The fraction of sp³-hybridized carbons (Fsp3) is 0.107. The van der Waals surface area contributed by atoms with Crippen LogP contribution >= 0.6 is 11.6 Å². The monoisotopic (exact) mass is 530 g/mol. The molecule has 37 heavy (non-hydrogen) atoms. The number of hydrogen-bond donors (Lipinski definition) is 0. The Kier molecular flexibility index (Phi) is 6.31. The van der Waals surface area contributed by atoms with E-state index in [0.717, 1.165) is 14.9 Å². The van der Waals surface area contributed by atoms with Gasteiger partial charge in [-0.2, -0.15) is 0 Å². The highest BCUT2D eigenvalue weighted by atomic mass is 35.5. The van der Waals surface area contributed by atoms with Crippen LogP contribution in [0.25, 0.3) is 33.1 Å².